The number of aromatic nitrogens is 1. The molecule has 2 rings (SSSR count). The molecule has 1 heterocycles. The van der Waals surface area contributed by atoms with Crippen molar-refractivity contribution in [3.8, 4) is 5.75 Å². The van der Waals surface area contributed by atoms with E-state index in [-0.39, 0.29) is 6.03 Å². The van der Waals surface area contributed by atoms with E-state index in [9.17, 15) is 4.79 Å². The number of carbonyl (C=O) groups excluding carboxylic acids is 1. The fourth-order valence-electron chi connectivity index (χ4n) is 1.78. The van der Waals surface area contributed by atoms with Gasteiger partial charge < -0.3 is 10.1 Å². The molecule has 0 spiro atoms. The topological polar surface area (TPSA) is 63.2 Å². The van der Waals surface area contributed by atoms with E-state index in [0.29, 0.717) is 5.82 Å². The lowest BCUT2D eigenvalue weighted by Gasteiger charge is -2.05. The molecule has 0 aliphatic heterocycles. The van der Waals surface area contributed by atoms with Crippen LogP contribution in [0.5, 0.6) is 5.75 Å². The van der Waals surface area contributed by atoms with E-state index in [1.807, 2.05) is 43.3 Å². The number of aryl methyl sites for hydroxylation is 1. The van der Waals surface area contributed by atoms with Gasteiger partial charge in [-0.3, -0.25) is 5.32 Å². The molecule has 1 aromatic heterocycles. The Labute approximate surface area is 123 Å². The van der Waals surface area contributed by atoms with Gasteiger partial charge in [0.2, 0.25) is 0 Å². The van der Waals surface area contributed by atoms with Gasteiger partial charge in [-0.15, -0.1) is 0 Å². The van der Waals surface area contributed by atoms with Crippen LogP contribution >= 0.6 is 0 Å². The molecule has 0 bridgehead atoms. The molecule has 5 nitrogen and oxygen atoms in total. The summed E-state index contributed by atoms with van der Waals surface area (Å²) in [7, 11) is 1.61. The van der Waals surface area contributed by atoms with Crippen molar-refractivity contribution in [2.45, 2.75) is 6.92 Å². The van der Waals surface area contributed by atoms with E-state index >= 15 is 0 Å². The summed E-state index contributed by atoms with van der Waals surface area (Å²) in [6.07, 6.45) is 3.32. The van der Waals surface area contributed by atoms with E-state index in [4.69, 9.17) is 4.74 Å². The molecule has 1 aromatic carbocycles. The number of nitrogens with zero attached hydrogens (tertiary/aromatic N) is 1. The maximum Gasteiger partial charge on any atom is 0.324 e. The number of carbonyl (C=O) groups is 1. The van der Waals surface area contributed by atoms with Gasteiger partial charge in [0.05, 0.1) is 7.11 Å². The molecule has 108 valence electrons. The molecule has 0 atom stereocenters. The van der Waals surface area contributed by atoms with Crippen LogP contribution in [-0.4, -0.2) is 18.1 Å². The quantitative estimate of drug-likeness (QED) is 0.905. The number of pyridine rings is 1. The first-order valence-corrected chi connectivity index (χ1v) is 6.50. The molecule has 0 saturated heterocycles. The Bertz CT molecular complexity index is 653. The van der Waals surface area contributed by atoms with Crippen molar-refractivity contribution in [1.29, 1.82) is 0 Å². The van der Waals surface area contributed by atoms with Crippen LogP contribution in [0.15, 0.2) is 48.7 Å². The van der Waals surface area contributed by atoms with Crippen LogP contribution in [0.4, 0.5) is 10.6 Å². The van der Waals surface area contributed by atoms with Gasteiger partial charge >= 0.3 is 6.03 Å². The first-order chi connectivity index (χ1) is 10.2. The molecule has 2 amide bonds. The number of rotatable bonds is 4. The van der Waals surface area contributed by atoms with E-state index in [1.165, 1.54) is 0 Å². The Morgan fingerprint density at radius 2 is 2.00 bits per heavy atom. The number of ether oxygens (including phenoxy) is 1. The molecule has 0 unspecified atom stereocenters. The van der Waals surface area contributed by atoms with Crippen LogP contribution in [0.3, 0.4) is 0 Å². The fraction of sp³-hybridized carbons (Fsp3) is 0.125. The molecule has 0 aliphatic carbocycles. The summed E-state index contributed by atoms with van der Waals surface area (Å²) in [6, 6.07) is 12.6. The highest BCUT2D eigenvalue weighted by atomic mass is 16.5. The van der Waals surface area contributed by atoms with Gasteiger partial charge in [-0.05, 0) is 31.2 Å². The van der Waals surface area contributed by atoms with Crippen molar-refractivity contribution in [2.24, 2.45) is 0 Å². The molecule has 0 radical (unpaired) electrons. The second-order valence-corrected chi connectivity index (χ2v) is 4.34. The van der Waals surface area contributed by atoms with E-state index in [1.54, 1.807) is 25.5 Å². The number of nitrogens with one attached hydrogen (secondary N) is 2. The molecular formula is C16H17N3O2. The van der Waals surface area contributed by atoms with E-state index in [0.717, 1.165) is 17.0 Å². The lowest BCUT2D eigenvalue weighted by molar-refractivity contribution is 0.255. The number of urea groups is 1. The molecule has 0 aliphatic rings. The summed E-state index contributed by atoms with van der Waals surface area (Å²) in [5, 5.41) is 5.28. The summed E-state index contributed by atoms with van der Waals surface area (Å²) in [6.45, 7) is 1.87. The summed E-state index contributed by atoms with van der Waals surface area (Å²) in [5.74, 6) is 1.26. The van der Waals surface area contributed by atoms with Gasteiger partial charge in [-0.1, -0.05) is 24.3 Å². The number of methoxy groups -OCH3 is 1. The second kappa shape index (κ2) is 7.09. The van der Waals surface area contributed by atoms with Gasteiger partial charge in [0.25, 0.3) is 0 Å². The van der Waals surface area contributed by atoms with Crippen LogP contribution < -0.4 is 15.4 Å². The maximum atomic E-state index is 11.7. The average Bonchev–Trinajstić information content (AvgIpc) is 2.47. The summed E-state index contributed by atoms with van der Waals surface area (Å²) in [4.78, 5) is 15.9. The SMILES string of the molecule is COc1ccccc1/C=C/NC(=O)Nc1cccc(C)n1. The third-order valence-electron chi connectivity index (χ3n) is 2.75. The lowest BCUT2D eigenvalue weighted by Crippen LogP contribution is -2.24. The standard InChI is InChI=1S/C16H17N3O2/c1-12-6-5-9-15(18-12)19-16(20)17-11-10-13-7-3-4-8-14(13)21-2/h3-11H,1-2H3,(H2,17,18,19,20)/b11-10+. The highest BCUT2D eigenvalue weighted by Gasteiger charge is 2.01. The Morgan fingerprint density at radius 3 is 2.76 bits per heavy atom. The third-order valence-corrected chi connectivity index (χ3v) is 2.75. The normalized spacial score (nSPS) is 10.4. The molecule has 21 heavy (non-hydrogen) atoms. The van der Waals surface area contributed by atoms with E-state index < -0.39 is 0 Å². The van der Waals surface area contributed by atoms with Crippen molar-refractivity contribution in [3.05, 3.63) is 59.9 Å². The van der Waals surface area contributed by atoms with Crippen molar-refractivity contribution in [2.75, 3.05) is 12.4 Å². The smallest absolute Gasteiger partial charge is 0.324 e. The van der Waals surface area contributed by atoms with Crippen molar-refractivity contribution in [1.82, 2.24) is 10.3 Å². The molecule has 2 aromatic rings. The highest BCUT2D eigenvalue weighted by Crippen LogP contribution is 2.18. The Morgan fingerprint density at radius 1 is 1.19 bits per heavy atom. The van der Waals surface area contributed by atoms with E-state index in [2.05, 4.69) is 15.6 Å². The predicted molar refractivity (Wildman–Crippen MR) is 83.2 cm³/mol. The minimum atomic E-state index is -0.348. The van der Waals surface area contributed by atoms with Gasteiger partial charge in [0.15, 0.2) is 0 Å². The zero-order valence-electron chi connectivity index (χ0n) is 12.0. The number of hydrogen-bond acceptors (Lipinski definition) is 3. The van der Waals surface area contributed by atoms with Crippen molar-refractivity contribution >= 4 is 17.9 Å². The fourth-order valence-corrected chi connectivity index (χ4v) is 1.78. The molecule has 2 N–H and O–H groups in total. The number of anilines is 1. The third kappa shape index (κ3) is 4.35. The first-order valence-electron chi connectivity index (χ1n) is 6.50. The highest BCUT2D eigenvalue weighted by molar-refractivity contribution is 5.89. The second-order valence-electron chi connectivity index (χ2n) is 4.34. The van der Waals surface area contributed by atoms with Crippen LogP contribution in [0.25, 0.3) is 6.08 Å². The van der Waals surface area contributed by atoms with Gasteiger partial charge in [-0.25, -0.2) is 9.78 Å². The summed E-state index contributed by atoms with van der Waals surface area (Å²) >= 11 is 0. The number of benzene rings is 1. The Kier molecular flexibility index (Phi) is 4.93. The Balaban J connectivity index is 1.93. The maximum absolute atomic E-state index is 11.7. The minimum Gasteiger partial charge on any atom is -0.496 e. The number of amides is 2. The van der Waals surface area contributed by atoms with Gasteiger partial charge in [0, 0.05) is 17.5 Å². The average molecular weight is 283 g/mol. The summed E-state index contributed by atoms with van der Waals surface area (Å²) in [5.41, 5.74) is 1.73. The van der Waals surface area contributed by atoms with Crippen molar-refractivity contribution < 1.29 is 9.53 Å². The predicted octanol–water partition coefficient (Wildman–Crippen LogP) is 3.19. The zero-order chi connectivity index (χ0) is 15.1. The Hall–Kier alpha value is -2.82. The van der Waals surface area contributed by atoms with Crippen LogP contribution in [0.1, 0.15) is 11.3 Å². The minimum absolute atomic E-state index is 0.348. The lowest BCUT2D eigenvalue weighted by atomic mass is 10.2. The van der Waals surface area contributed by atoms with Crippen LogP contribution in [0.2, 0.25) is 0 Å². The molecule has 5 heteroatoms. The molecule has 0 fully saturated rings. The van der Waals surface area contributed by atoms with Gasteiger partial charge in [0.1, 0.15) is 11.6 Å². The van der Waals surface area contributed by atoms with Crippen LogP contribution in [-0.2, 0) is 0 Å². The number of para-hydroxylation sites is 1. The molecular weight excluding hydrogens is 266 g/mol. The monoisotopic (exact) mass is 283 g/mol. The van der Waals surface area contributed by atoms with Gasteiger partial charge in [-0.2, -0.15) is 0 Å². The molecule has 0 saturated carbocycles. The van der Waals surface area contributed by atoms with Crippen LogP contribution in [0, 0.1) is 6.92 Å². The zero-order valence-corrected chi connectivity index (χ0v) is 12.0. The van der Waals surface area contributed by atoms with Crippen molar-refractivity contribution in [3.63, 3.8) is 0 Å². The first kappa shape index (κ1) is 14.6. The number of hydrogen-bond donors (Lipinski definition) is 2. The largest absolute Gasteiger partial charge is 0.496 e. The summed E-state index contributed by atoms with van der Waals surface area (Å²) < 4.78 is 5.22.